The van der Waals surface area contributed by atoms with Crippen LogP contribution in [0, 0.1) is 0 Å². The lowest BCUT2D eigenvalue weighted by Crippen LogP contribution is -2.41. The molecule has 1 aliphatic heterocycles. The minimum Gasteiger partial charge on any atom is -0.478 e. The number of carbonyl (C=O) groups is 1. The molecule has 1 fully saturated rings. The number of hydrogen-bond donors (Lipinski definition) is 3. The van der Waals surface area contributed by atoms with Crippen molar-refractivity contribution in [2.24, 2.45) is 0 Å². The summed E-state index contributed by atoms with van der Waals surface area (Å²) in [5, 5.41) is 30.3. The molecule has 1 heterocycles. The number of rotatable bonds is 12. The third-order valence-electron chi connectivity index (χ3n) is 6.32. The first kappa shape index (κ1) is 22.9. The van der Waals surface area contributed by atoms with E-state index < -0.39 is 17.8 Å². The lowest BCUT2D eigenvalue weighted by Gasteiger charge is -2.33. The maximum Gasteiger partial charge on any atom is 0.335 e. The largest absolute Gasteiger partial charge is 0.478 e. The van der Waals surface area contributed by atoms with Gasteiger partial charge in [-0.05, 0) is 62.6 Å². The van der Waals surface area contributed by atoms with E-state index in [1.807, 2.05) is 19.1 Å². The highest BCUT2D eigenvalue weighted by Crippen LogP contribution is 2.30. The molecule has 0 amide bonds. The third-order valence-corrected chi connectivity index (χ3v) is 6.32. The molecule has 5 nitrogen and oxygen atoms in total. The third kappa shape index (κ3) is 6.57. The Hall–Kier alpha value is -1.43. The number of nitrogens with zero attached hydrogens (tertiary/aromatic N) is 1. The van der Waals surface area contributed by atoms with Crippen LogP contribution < -0.4 is 0 Å². The Morgan fingerprint density at radius 1 is 1.14 bits per heavy atom. The molecule has 3 N–H and O–H groups in total. The number of benzene rings is 1. The molecule has 1 aliphatic rings. The van der Waals surface area contributed by atoms with Gasteiger partial charge in [0.25, 0.3) is 0 Å². The Labute approximate surface area is 169 Å². The molecule has 3 atom stereocenters. The molecule has 158 valence electrons. The van der Waals surface area contributed by atoms with Gasteiger partial charge in [-0.2, -0.15) is 0 Å². The lowest BCUT2D eigenvalue weighted by atomic mass is 9.89. The summed E-state index contributed by atoms with van der Waals surface area (Å²) < 4.78 is 0. The minimum atomic E-state index is -0.904. The lowest BCUT2D eigenvalue weighted by molar-refractivity contribution is -0.0270. The normalized spacial score (nSPS) is 22.3. The zero-order valence-electron chi connectivity index (χ0n) is 17.4. The number of unbranched alkanes of at least 4 members (excludes halogenated alkanes) is 2. The van der Waals surface area contributed by atoms with Gasteiger partial charge in [0, 0.05) is 12.6 Å². The van der Waals surface area contributed by atoms with Gasteiger partial charge in [-0.3, -0.25) is 4.90 Å². The molecular formula is C23H37NO4. The van der Waals surface area contributed by atoms with E-state index in [4.69, 9.17) is 5.11 Å². The first-order chi connectivity index (χ1) is 13.4. The van der Waals surface area contributed by atoms with E-state index in [9.17, 15) is 15.0 Å². The molecule has 1 saturated heterocycles. The fourth-order valence-corrected chi connectivity index (χ4v) is 4.23. The molecule has 0 saturated carbocycles. The molecule has 0 aliphatic carbocycles. The van der Waals surface area contributed by atoms with Gasteiger partial charge >= 0.3 is 5.97 Å². The number of carboxylic acid groups (broad SMARTS) is 1. The van der Waals surface area contributed by atoms with Crippen molar-refractivity contribution >= 4 is 5.97 Å². The Kier molecular flexibility index (Phi) is 8.93. The van der Waals surface area contributed by atoms with Crippen LogP contribution in [0.25, 0.3) is 0 Å². The SMILES string of the molecule is CCCCC[C@@](O)(CC)CCN1C(O)CCC1CCc1ccc(C(=O)O)cc1. The van der Waals surface area contributed by atoms with Crippen LogP contribution in [-0.4, -0.2) is 50.6 Å². The quantitative estimate of drug-likeness (QED) is 0.465. The molecule has 5 heteroatoms. The maximum atomic E-state index is 11.0. The maximum absolute atomic E-state index is 11.0. The zero-order chi connectivity index (χ0) is 20.6. The van der Waals surface area contributed by atoms with E-state index in [1.165, 1.54) is 0 Å². The van der Waals surface area contributed by atoms with Gasteiger partial charge in [0.05, 0.1) is 11.2 Å². The zero-order valence-corrected chi connectivity index (χ0v) is 17.4. The fourth-order valence-electron chi connectivity index (χ4n) is 4.23. The van der Waals surface area contributed by atoms with E-state index in [2.05, 4.69) is 11.8 Å². The molecule has 2 unspecified atom stereocenters. The second kappa shape index (κ2) is 10.9. The van der Waals surface area contributed by atoms with Crippen LogP contribution in [0.2, 0.25) is 0 Å². The van der Waals surface area contributed by atoms with Gasteiger partial charge in [-0.25, -0.2) is 4.79 Å². The number of aliphatic hydroxyl groups excluding tert-OH is 1. The first-order valence-corrected chi connectivity index (χ1v) is 10.9. The molecular weight excluding hydrogens is 354 g/mol. The fraction of sp³-hybridized carbons (Fsp3) is 0.696. The van der Waals surface area contributed by atoms with E-state index >= 15 is 0 Å². The number of aliphatic hydroxyl groups is 2. The summed E-state index contributed by atoms with van der Waals surface area (Å²) in [6.07, 6.45) is 8.77. The van der Waals surface area contributed by atoms with Crippen LogP contribution in [0.1, 0.15) is 87.6 Å². The van der Waals surface area contributed by atoms with Crippen molar-refractivity contribution in [3.05, 3.63) is 35.4 Å². The Balaban J connectivity index is 1.87. The van der Waals surface area contributed by atoms with Crippen LogP contribution >= 0.6 is 0 Å². The minimum absolute atomic E-state index is 0.309. The summed E-state index contributed by atoms with van der Waals surface area (Å²) in [7, 11) is 0. The molecule has 28 heavy (non-hydrogen) atoms. The summed E-state index contributed by atoms with van der Waals surface area (Å²) >= 11 is 0. The summed E-state index contributed by atoms with van der Waals surface area (Å²) in [6.45, 7) is 4.94. The topological polar surface area (TPSA) is 81.0 Å². The monoisotopic (exact) mass is 391 g/mol. The van der Waals surface area contributed by atoms with Crippen molar-refractivity contribution in [3.63, 3.8) is 0 Å². The smallest absolute Gasteiger partial charge is 0.335 e. The second-order valence-corrected chi connectivity index (χ2v) is 8.28. The first-order valence-electron chi connectivity index (χ1n) is 10.9. The molecule has 0 spiro atoms. The van der Waals surface area contributed by atoms with Crippen molar-refractivity contribution in [1.29, 1.82) is 0 Å². The van der Waals surface area contributed by atoms with E-state index in [0.717, 1.165) is 69.9 Å². The number of aromatic carboxylic acids is 1. The van der Waals surface area contributed by atoms with Crippen molar-refractivity contribution in [2.75, 3.05) is 6.54 Å². The number of aryl methyl sites for hydroxylation is 1. The molecule has 2 rings (SSSR count). The Morgan fingerprint density at radius 2 is 1.86 bits per heavy atom. The van der Waals surface area contributed by atoms with E-state index in [0.29, 0.717) is 18.0 Å². The predicted molar refractivity (Wildman–Crippen MR) is 111 cm³/mol. The van der Waals surface area contributed by atoms with Crippen molar-refractivity contribution < 1.29 is 20.1 Å². The number of hydrogen-bond acceptors (Lipinski definition) is 4. The summed E-state index contributed by atoms with van der Waals surface area (Å²) in [6, 6.07) is 7.37. The molecule has 1 aromatic rings. The summed E-state index contributed by atoms with van der Waals surface area (Å²) in [5.41, 5.74) is 0.800. The van der Waals surface area contributed by atoms with Crippen LogP contribution in [-0.2, 0) is 6.42 Å². The van der Waals surface area contributed by atoms with Crippen molar-refractivity contribution in [2.45, 2.75) is 95.9 Å². The van der Waals surface area contributed by atoms with Gasteiger partial charge in [0.2, 0.25) is 0 Å². The highest BCUT2D eigenvalue weighted by Gasteiger charge is 2.34. The van der Waals surface area contributed by atoms with Crippen molar-refractivity contribution in [1.82, 2.24) is 4.90 Å². The molecule has 0 aromatic heterocycles. The summed E-state index contributed by atoms with van der Waals surface area (Å²) in [5.74, 6) is -0.904. The van der Waals surface area contributed by atoms with Crippen LogP contribution in [0.3, 0.4) is 0 Å². The average Bonchev–Trinajstić information content (AvgIpc) is 3.05. The second-order valence-electron chi connectivity index (χ2n) is 8.28. The van der Waals surface area contributed by atoms with Gasteiger partial charge in [-0.15, -0.1) is 0 Å². The number of carboxylic acids is 1. The Bertz CT molecular complexity index is 603. The van der Waals surface area contributed by atoms with Gasteiger partial charge < -0.3 is 15.3 Å². The van der Waals surface area contributed by atoms with Crippen molar-refractivity contribution in [3.8, 4) is 0 Å². The molecule has 0 bridgehead atoms. The van der Waals surface area contributed by atoms with Crippen LogP contribution in [0.4, 0.5) is 0 Å². The highest BCUT2D eigenvalue weighted by atomic mass is 16.4. The highest BCUT2D eigenvalue weighted by molar-refractivity contribution is 5.87. The molecule has 1 aromatic carbocycles. The van der Waals surface area contributed by atoms with Crippen LogP contribution in [0.5, 0.6) is 0 Å². The standard InChI is InChI=1S/C23H37NO4/c1-3-5-6-15-23(28,4-2)16-17-24-20(13-14-21(24)25)12-9-18-7-10-19(11-8-18)22(26)27/h7-8,10-11,20-21,25,28H,3-6,9,12-17H2,1-2H3,(H,26,27)/t20?,21?,23-/m0/s1. The number of likely N-dealkylation sites (tertiary alicyclic amines) is 1. The van der Waals surface area contributed by atoms with Gasteiger partial charge in [0.1, 0.15) is 6.23 Å². The molecule has 0 radical (unpaired) electrons. The van der Waals surface area contributed by atoms with Gasteiger partial charge in [-0.1, -0.05) is 45.2 Å². The average molecular weight is 392 g/mol. The predicted octanol–water partition coefficient (Wildman–Crippen LogP) is 4.21. The van der Waals surface area contributed by atoms with Crippen LogP contribution in [0.15, 0.2) is 24.3 Å². The van der Waals surface area contributed by atoms with E-state index in [-0.39, 0.29) is 0 Å². The van der Waals surface area contributed by atoms with E-state index in [1.54, 1.807) is 12.1 Å². The summed E-state index contributed by atoms with van der Waals surface area (Å²) in [4.78, 5) is 13.1. The Morgan fingerprint density at radius 3 is 2.46 bits per heavy atom. The van der Waals surface area contributed by atoms with Gasteiger partial charge in [0.15, 0.2) is 0 Å².